The van der Waals surface area contributed by atoms with Crippen LogP contribution in [-0.2, 0) is 11.3 Å². The third-order valence-corrected chi connectivity index (χ3v) is 6.87. The predicted octanol–water partition coefficient (Wildman–Crippen LogP) is 3.99. The topological polar surface area (TPSA) is 61.8 Å². The van der Waals surface area contributed by atoms with E-state index in [-0.39, 0.29) is 17.6 Å². The van der Waals surface area contributed by atoms with Gasteiger partial charge in [0.2, 0.25) is 5.91 Å². The second kappa shape index (κ2) is 7.69. The average Bonchev–Trinajstić information content (AvgIpc) is 3.06. The van der Waals surface area contributed by atoms with Gasteiger partial charge in [0.25, 0.3) is 0 Å². The summed E-state index contributed by atoms with van der Waals surface area (Å²) in [5, 5.41) is 17.3. The smallest absolute Gasteiger partial charge is 0.226 e. The van der Waals surface area contributed by atoms with Gasteiger partial charge in [-0.2, -0.15) is 0 Å². The molecule has 2 aromatic carbocycles. The second-order valence-corrected chi connectivity index (χ2v) is 8.67. The highest BCUT2D eigenvalue weighted by molar-refractivity contribution is 7.17. The minimum absolute atomic E-state index is 0.0791. The molecular weight excluding hydrogens is 384 g/mol. The Bertz CT molecular complexity index is 1060. The van der Waals surface area contributed by atoms with Crippen LogP contribution in [0.1, 0.15) is 18.4 Å². The number of fused-ring (bicyclic) bond motifs is 2. The van der Waals surface area contributed by atoms with E-state index in [4.69, 9.17) is 4.74 Å². The number of rotatable bonds is 2. The molecule has 1 aromatic heterocycles. The summed E-state index contributed by atoms with van der Waals surface area (Å²) < 4.78 is 7.07. The minimum Gasteiger partial charge on any atom is -0.504 e. The van der Waals surface area contributed by atoms with Crippen molar-refractivity contribution < 1.29 is 14.6 Å². The number of thiophene rings is 1. The monoisotopic (exact) mass is 408 g/mol. The van der Waals surface area contributed by atoms with Crippen molar-refractivity contribution in [2.24, 2.45) is 5.92 Å². The van der Waals surface area contributed by atoms with Crippen LogP contribution in [0, 0.1) is 5.92 Å². The molecule has 0 atom stereocenters. The van der Waals surface area contributed by atoms with Gasteiger partial charge in [0, 0.05) is 33.7 Å². The van der Waals surface area contributed by atoms with Gasteiger partial charge in [0.15, 0.2) is 11.5 Å². The van der Waals surface area contributed by atoms with Gasteiger partial charge >= 0.3 is 0 Å². The van der Waals surface area contributed by atoms with Crippen LogP contribution in [0.15, 0.2) is 41.8 Å². The maximum atomic E-state index is 13.1. The number of nitrogens with one attached hydrogen (secondary N) is 1. The van der Waals surface area contributed by atoms with Gasteiger partial charge in [-0.15, -0.1) is 11.3 Å². The van der Waals surface area contributed by atoms with Gasteiger partial charge < -0.3 is 20.1 Å². The molecule has 0 aliphatic carbocycles. The van der Waals surface area contributed by atoms with Crippen LogP contribution < -0.4 is 10.1 Å². The predicted molar refractivity (Wildman–Crippen MR) is 115 cm³/mol. The first-order chi connectivity index (χ1) is 14.2. The molecule has 0 bridgehead atoms. The van der Waals surface area contributed by atoms with Gasteiger partial charge in [-0.1, -0.05) is 18.2 Å². The van der Waals surface area contributed by atoms with E-state index in [2.05, 4.69) is 28.9 Å². The number of hydrogen-bond acceptors (Lipinski definition) is 5. The molecule has 6 heteroatoms. The molecule has 5 nitrogen and oxygen atoms in total. The summed E-state index contributed by atoms with van der Waals surface area (Å²) in [6.07, 6.45) is 1.77. The van der Waals surface area contributed by atoms with Crippen LogP contribution in [0.3, 0.4) is 0 Å². The number of phenolic OH excluding ortho intramolecular Hbond substituents is 1. The third kappa shape index (κ3) is 3.47. The number of benzene rings is 2. The number of amides is 1. The summed E-state index contributed by atoms with van der Waals surface area (Å²) in [5.74, 6) is 0.932. The zero-order chi connectivity index (χ0) is 19.8. The molecule has 29 heavy (non-hydrogen) atoms. The highest BCUT2D eigenvalue weighted by atomic mass is 32.1. The fourth-order valence-corrected chi connectivity index (χ4v) is 5.34. The Kier molecular flexibility index (Phi) is 4.89. The Morgan fingerprint density at radius 3 is 2.90 bits per heavy atom. The summed E-state index contributed by atoms with van der Waals surface area (Å²) in [7, 11) is 0. The number of carbonyl (C=O) groups is 1. The van der Waals surface area contributed by atoms with Crippen molar-refractivity contribution in [3.8, 4) is 22.6 Å². The number of carbonyl (C=O) groups excluding carboxylic acids is 1. The van der Waals surface area contributed by atoms with E-state index in [9.17, 15) is 9.90 Å². The summed E-state index contributed by atoms with van der Waals surface area (Å²) in [6.45, 7) is 3.22. The SMILES string of the molecule is O=C(C1CCNCC1)N1CCOc2c(O)cc(-c3csc4ccccc34)cc2C1. The molecule has 0 radical (unpaired) electrons. The van der Waals surface area contributed by atoms with Crippen molar-refractivity contribution in [1.82, 2.24) is 10.2 Å². The number of aromatic hydroxyl groups is 1. The molecule has 1 saturated heterocycles. The van der Waals surface area contributed by atoms with Crippen LogP contribution in [0.5, 0.6) is 11.5 Å². The van der Waals surface area contributed by atoms with Crippen LogP contribution in [0.2, 0.25) is 0 Å². The molecule has 150 valence electrons. The molecule has 1 fully saturated rings. The van der Waals surface area contributed by atoms with Gasteiger partial charge in [0.1, 0.15) is 6.61 Å². The molecule has 2 aliphatic heterocycles. The lowest BCUT2D eigenvalue weighted by molar-refractivity contribution is -0.137. The number of phenols is 1. The average molecular weight is 409 g/mol. The van der Waals surface area contributed by atoms with Gasteiger partial charge in [0.05, 0.1) is 6.54 Å². The zero-order valence-corrected chi connectivity index (χ0v) is 17.0. The van der Waals surface area contributed by atoms with Gasteiger partial charge in [-0.05, 0) is 55.1 Å². The lowest BCUT2D eigenvalue weighted by Crippen LogP contribution is -2.41. The number of piperidine rings is 1. The largest absolute Gasteiger partial charge is 0.504 e. The molecule has 0 saturated carbocycles. The van der Waals surface area contributed by atoms with Crippen molar-refractivity contribution in [3.63, 3.8) is 0 Å². The first-order valence-corrected chi connectivity index (χ1v) is 11.0. The third-order valence-electron chi connectivity index (χ3n) is 5.91. The van der Waals surface area contributed by atoms with E-state index >= 15 is 0 Å². The van der Waals surface area contributed by atoms with Gasteiger partial charge in [-0.3, -0.25) is 4.79 Å². The number of hydrogen-bond donors (Lipinski definition) is 2. The highest BCUT2D eigenvalue weighted by Gasteiger charge is 2.29. The van der Waals surface area contributed by atoms with Crippen molar-refractivity contribution in [3.05, 3.63) is 47.3 Å². The molecular formula is C23H24N2O3S. The van der Waals surface area contributed by atoms with Crippen molar-refractivity contribution in [2.45, 2.75) is 19.4 Å². The molecule has 2 aliphatic rings. The van der Waals surface area contributed by atoms with Crippen LogP contribution in [0.25, 0.3) is 21.2 Å². The van der Waals surface area contributed by atoms with Crippen LogP contribution >= 0.6 is 11.3 Å². The van der Waals surface area contributed by atoms with E-state index in [0.717, 1.165) is 42.6 Å². The van der Waals surface area contributed by atoms with E-state index in [1.165, 1.54) is 10.1 Å². The summed E-state index contributed by atoms with van der Waals surface area (Å²) in [5.41, 5.74) is 2.93. The van der Waals surface area contributed by atoms with Crippen molar-refractivity contribution in [1.29, 1.82) is 0 Å². The lowest BCUT2D eigenvalue weighted by atomic mass is 9.96. The minimum atomic E-state index is 0.0791. The van der Waals surface area contributed by atoms with Crippen molar-refractivity contribution >= 4 is 27.3 Å². The molecule has 0 unspecified atom stereocenters. The van der Waals surface area contributed by atoms with Crippen LogP contribution in [0.4, 0.5) is 0 Å². The van der Waals surface area contributed by atoms with E-state index in [1.54, 1.807) is 17.4 Å². The Hall–Kier alpha value is -2.57. The molecule has 1 amide bonds. The standard InChI is InChI=1S/C23H24N2O3S/c26-20-12-16(19-14-29-21-4-2-1-3-18(19)21)11-17-13-25(9-10-28-22(17)20)23(27)15-5-7-24-8-6-15/h1-4,11-12,14-15,24,26H,5-10,13H2. The van der Waals surface area contributed by atoms with Crippen LogP contribution in [-0.4, -0.2) is 42.2 Å². The highest BCUT2D eigenvalue weighted by Crippen LogP contribution is 2.41. The maximum Gasteiger partial charge on any atom is 0.226 e. The van der Waals surface area contributed by atoms with E-state index in [1.807, 2.05) is 17.0 Å². The molecule has 3 heterocycles. The second-order valence-electron chi connectivity index (χ2n) is 7.76. The normalized spacial score (nSPS) is 17.6. The maximum absolute atomic E-state index is 13.1. The molecule has 0 spiro atoms. The fourth-order valence-electron chi connectivity index (χ4n) is 4.37. The van der Waals surface area contributed by atoms with Crippen molar-refractivity contribution in [2.75, 3.05) is 26.2 Å². The molecule has 3 aromatic rings. The first-order valence-electron chi connectivity index (χ1n) is 10.2. The Morgan fingerprint density at radius 2 is 2.03 bits per heavy atom. The zero-order valence-electron chi connectivity index (χ0n) is 16.2. The van der Waals surface area contributed by atoms with Gasteiger partial charge in [-0.25, -0.2) is 0 Å². The number of ether oxygens (including phenoxy) is 1. The molecule has 2 N–H and O–H groups in total. The fraction of sp³-hybridized carbons (Fsp3) is 0.348. The lowest BCUT2D eigenvalue weighted by Gasteiger charge is -2.28. The first kappa shape index (κ1) is 18.5. The summed E-state index contributed by atoms with van der Waals surface area (Å²) in [6, 6.07) is 12.1. The summed E-state index contributed by atoms with van der Waals surface area (Å²) >= 11 is 1.70. The Balaban J connectivity index is 1.49. The Labute approximate surface area is 173 Å². The van der Waals surface area contributed by atoms with E-state index < -0.39 is 0 Å². The number of nitrogens with zero attached hydrogens (tertiary/aromatic N) is 1. The van der Waals surface area contributed by atoms with E-state index in [0.29, 0.717) is 25.4 Å². The quantitative estimate of drug-likeness (QED) is 0.673. The molecule has 5 rings (SSSR count). The summed E-state index contributed by atoms with van der Waals surface area (Å²) in [4.78, 5) is 15.0. The Morgan fingerprint density at radius 1 is 1.21 bits per heavy atom.